The zero-order chi connectivity index (χ0) is 12.8. The number of hydrogen-bond donors (Lipinski definition) is 0. The third-order valence-electron chi connectivity index (χ3n) is 2.20. The van der Waals surface area contributed by atoms with Gasteiger partial charge in [-0.15, -0.1) is 0 Å². The van der Waals surface area contributed by atoms with Crippen molar-refractivity contribution in [2.24, 2.45) is 0 Å². The van der Waals surface area contributed by atoms with Crippen LogP contribution in [0.5, 0.6) is 0 Å². The van der Waals surface area contributed by atoms with Crippen molar-refractivity contribution < 1.29 is 13.6 Å². The zero-order valence-electron chi connectivity index (χ0n) is 8.93. The quantitative estimate of drug-likeness (QED) is 0.365. The van der Waals surface area contributed by atoms with Crippen molar-refractivity contribution >= 4 is 57.2 Å². The molecule has 0 saturated heterocycles. The molecule has 0 aliphatic carbocycles. The fourth-order valence-electron chi connectivity index (χ4n) is 1.49. The first-order valence-electron chi connectivity index (χ1n) is 4.95. The maximum atomic E-state index is 13.7. The van der Waals surface area contributed by atoms with Gasteiger partial charge in [0, 0.05) is 27.5 Å². The third-order valence-corrected chi connectivity index (χ3v) is 3.17. The van der Waals surface area contributed by atoms with Crippen LogP contribution in [0.15, 0.2) is 12.1 Å². The van der Waals surface area contributed by atoms with Crippen LogP contribution in [0.25, 0.3) is 0 Å². The van der Waals surface area contributed by atoms with E-state index in [1.807, 2.05) is 0 Å². The molecule has 0 saturated carbocycles. The van der Waals surface area contributed by atoms with Crippen LogP contribution in [0, 0.1) is 11.6 Å². The van der Waals surface area contributed by atoms with Crippen molar-refractivity contribution in [2.45, 2.75) is 0 Å². The Labute approximate surface area is 126 Å². The Balaban J connectivity index is 3.13. The van der Waals surface area contributed by atoms with Gasteiger partial charge in [-0.25, -0.2) is 8.78 Å². The van der Waals surface area contributed by atoms with Crippen LogP contribution < -0.4 is 4.90 Å². The highest BCUT2D eigenvalue weighted by Gasteiger charge is 2.17. The summed E-state index contributed by atoms with van der Waals surface area (Å²) in [5, 5.41) is 0. The number of nitrogens with zero attached hydrogens (tertiary/aromatic N) is 1. The highest BCUT2D eigenvalue weighted by atomic mass is 127. The molecule has 0 N–H and O–H groups in total. The lowest BCUT2D eigenvalue weighted by atomic mass is 10.2. The van der Waals surface area contributed by atoms with Gasteiger partial charge < -0.3 is 4.90 Å². The van der Waals surface area contributed by atoms with Crippen LogP contribution in [-0.4, -0.2) is 28.2 Å². The molecule has 0 amide bonds. The van der Waals surface area contributed by atoms with Crippen LogP contribution in [0.3, 0.4) is 0 Å². The molecular formula is C11H11F2I2NO. The molecule has 0 aromatic heterocycles. The topological polar surface area (TPSA) is 20.3 Å². The lowest BCUT2D eigenvalue weighted by Crippen LogP contribution is -2.29. The molecule has 17 heavy (non-hydrogen) atoms. The number of rotatable bonds is 6. The van der Waals surface area contributed by atoms with E-state index >= 15 is 0 Å². The smallest absolute Gasteiger partial charge is 0.150 e. The third kappa shape index (κ3) is 4.01. The Morgan fingerprint density at radius 1 is 1.12 bits per heavy atom. The first-order valence-corrected chi connectivity index (χ1v) is 8.00. The minimum absolute atomic E-state index is 0.0210. The van der Waals surface area contributed by atoms with Crippen molar-refractivity contribution in [2.75, 3.05) is 26.8 Å². The predicted molar refractivity (Wildman–Crippen MR) is 81.7 cm³/mol. The van der Waals surface area contributed by atoms with E-state index in [1.165, 1.54) is 0 Å². The Kier molecular flexibility index (Phi) is 6.60. The van der Waals surface area contributed by atoms with Crippen molar-refractivity contribution in [3.05, 3.63) is 29.3 Å². The molecule has 1 aromatic carbocycles. The Morgan fingerprint density at radius 3 is 1.94 bits per heavy atom. The number of hydrogen-bond acceptors (Lipinski definition) is 2. The largest absolute Gasteiger partial charge is 0.365 e. The van der Waals surface area contributed by atoms with Gasteiger partial charge in [0.2, 0.25) is 0 Å². The molecule has 0 bridgehead atoms. The minimum Gasteiger partial charge on any atom is -0.365 e. The number of alkyl halides is 2. The fourth-order valence-corrected chi connectivity index (χ4v) is 2.66. The summed E-state index contributed by atoms with van der Waals surface area (Å²) in [6.07, 6.45) is 0.441. The predicted octanol–water partition coefficient (Wildman–Crippen LogP) is 3.45. The molecule has 0 heterocycles. The molecule has 2 nitrogen and oxygen atoms in total. The van der Waals surface area contributed by atoms with Crippen molar-refractivity contribution in [1.82, 2.24) is 0 Å². The molecule has 1 rings (SSSR count). The standard InChI is InChI=1S/C11H11F2I2NO/c12-9-5-8(7-17)6-10(13)11(9)16(3-1-14)4-2-15/h5-7H,1-4H2. The number of carbonyl (C=O) groups is 1. The fraction of sp³-hybridized carbons (Fsp3) is 0.364. The Bertz CT molecular complexity index is 372. The van der Waals surface area contributed by atoms with Crippen LogP contribution in [0.4, 0.5) is 14.5 Å². The number of carbonyl (C=O) groups excluding carboxylic acids is 1. The summed E-state index contributed by atoms with van der Waals surface area (Å²) in [5.41, 5.74) is -0.0171. The molecule has 1 aromatic rings. The maximum absolute atomic E-state index is 13.7. The monoisotopic (exact) mass is 465 g/mol. The normalized spacial score (nSPS) is 10.4. The molecule has 0 aliphatic heterocycles. The van der Waals surface area contributed by atoms with E-state index in [0.717, 1.165) is 21.0 Å². The van der Waals surface area contributed by atoms with E-state index in [4.69, 9.17) is 0 Å². The Hall–Kier alpha value is 0.01000. The van der Waals surface area contributed by atoms with E-state index in [-0.39, 0.29) is 11.3 Å². The molecule has 0 atom stereocenters. The average molecular weight is 465 g/mol. The van der Waals surface area contributed by atoms with Gasteiger partial charge in [-0.1, -0.05) is 45.2 Å². The van der Waals surface area contributed by atoms with Gasteiger partial charge in [0.05, 0.1) is 0 Å². The van der Waals surface area contributed by atoms with Crippen molar-refractivity contribution in [3.63, 3.8) is 0 Å². The second kappa shape index (κ2) is 7.45. The van der Waals surface area contributed by atoms with Gasteiger partial charge in [0.15, 0.2) is 0 Å². The van der Waals surface area contributed by atoms with Crippen LogP contribution in [0.1, 0.15) is 10.4 Å². The molecule has 6 heteroatoms. The molecule has 0 fully saturated rings. The van der Waals surface area contributed by atoms with Crippen molar-refractivity contribution in [3.8, 4) is 0 Å². The molecule has 94 valence electrons. The Morgan fingerprint density at radius 2 is 1.59 bits per heavy atom. The second-order valence-corrected chi connectivity index (χ2v) is 5.47. The molecule has 0 radical (unpaired) electrons. The summed E-state index contributed by atoms with van der Waals surface area (Å²) < 4.78 is 29.1. The average Bonchev–Trinajstić information content (AvgIpc) is 2.28. The summed E-state index contributed by atoms with van der Waals surface area (Å²) in [7, 11) is 0. The number of halogens is 4. The number of benzene rings is 1. The number of aldehydes is 1. The SMILES string of the molecule is O=Cc1cc(F)c(N(CCI)CCI)c(F)c1. The second-order valence-electron chi connectivity index (χ2n) is 3.32. The van der Waals surface area contributed by atoms with E-state index in [1.54, 1.807) is 4.90 Å². The van der Waals surface area contributed by atoms with Gasteiger partial charge in [-0.3, -0.25) is 4.79 Å². The molecular weight excluding hydrogens is 454 g/mol. The first kappa shape index (κ1) is 15.1. The summed E-state index contributed by atoms with van der Waals surface area (Å²) in [5.74, 6) is -1.36. The lowest BCUT2D eigenvalue weighted by Gasteiger charge is -2.24. The molecule has 0 spiro atoms. The van der Waals surface area contributed by atoms with E-state index in [2.05, 4.69) is 45.2 Å². The summed E-state index contributed by atoms with van der Waals surface area (Å²) >= 11 is 4.32. The van der Waals surface area contributed by atoms with Gasteiger partial charge >= 0.3 is 0 Å². The molecule has 0 unspecified atom stereocenters. The highest BCUT2D eigenvalue weighted by Crippen LogP contribution is 2.24. The van der Waals surface area contributed by atoms with E-state index in [9.17, 15) is 13.6 Å². The van der Waals surface area contributed by atoms with Gasteiger partial charge in [-0.2, -0.15) is 0 Å². The summed E-state index contributed by atoms with van der Waals surface area (Å²) in [6, 6.07) is 2.14. The maximum Gasteiger partial charge on any atom is 0.150 e. The van der Waals surface area contributed by atoms with E-state index < -0.39 is 11.6 Å². The van der Waals surface area contributed by atoms with Crippen LogP contribution in [0.2, 0.25) is 0 Å². The van der Waals surface area contributed by atoms with Gasteiger partial charge in [-0.05, 0) is 12.1 Å². The van der Waals surface area contributed by atoms with Gasteiger partial charge in [0.25, 0.3) is 0 Å². The van der Waals surface area contributed by atoms with E-state index in [0.29, 0.717) is 19.4 Å². The van der Waals surface area contributed by atoms with Crippen LogP contribution >= 0.6 is 45.2 Å². The first-order chi connectivity index (χ1) is 8.13. The highest BCUT2D eigenvalue weighted by molar-refractivity contribution is 14.1. The minimum atomic E-state index is -0.679. The van der Waals surface area contributed by atoms with Gasteiger partial charge in [0.1, 0.15) is 23.6 Å². The lowest BCUT2D eigenvalue weighted by molar-refractivity contribution is 0.112. The molecule has 0 aliphatic rings. The number of anilines is 1. The summed E-state index contributed by atoms with van der Waals surface area (Å²) in [6.45, 7) is 1.16. The van der Waals surface area contributed by atoms with Crippen LogP contribution in [-0.2, 0) is 0 Å². The zero-order valence-corrected chi connectivity index (χ0v) is 13.2. The summed E-state index contributed by atoms with van der Waals surface area (Å²) in [4.78, 5) is 12.2. The van der Waals surface area contributed by atoms with Crippen molar-refractivity contribution in [1.29, 1.82) is 0 Å².